The molecule has 1 aliphatic carbocycles. The molecule has 0 amide bonds. The topological polar surface area (TPSA) is 12.0 Å². The molecule has 1 aromatic rings. The molecule has 0 radical (unpaired) electrons. The summed E-state index contributed by atoms with van der Waals surface area (Å²) in [6.07, 6.45) is 4.47. The molecule has 4 heteroatoms. The number of hydrogen-bond acceptors (Lipinski definition) is 2. The zero-order valence-corrected chi connectivity index (χ0v) is 10.0. The Kier molecular flexibility index (Phi) is 3.50. The Labute approximate surface area is 98.6 Å². The van der Waals surface area contributed by atoms with Gasteiger partial charge in [0.2, 0.25) is 0 Å². The van der Waals surface area contributed by atoms with Crippen LogP contribution in [0.15, 0.2) is 18.2 Å². The quantitative estimate of drug-likeness (QED) is 0.853. The molecule has 2 rings (SSSR count). The molecule has 0 unspecified atom stereocenters. The predicted octanol–water partition coefficient (Wildman–Crippen LogP) is 2.95. The fourth-order valence-corrected chi connectivity index (χ4v) is 2.47. The monoisotopic (exact) mass is 243 g/mol. The summed E-state index contributed by atoms with van der Waals surface area (Å²) in [6, 6.07) is 3.97. The van der Waals surface area contributed by atoms with E-state index >= 15 is 0 Å². The number of thioether (sulfide) groups is 1. The summed E-state index contributed by atoms with van der Waals surface area (Å²) in [7, 11) is 0. The predicted molar refractivity (Wildman–Crippen MR) is 63.5 cm³/mol. The third-order valence-corrected chi connectivity index (χ3v) is 4.47. The van der Waals surface area contributed by atoms with Crippen molar-refractivity contribution in [1.29, 1.82) is 0 Å². The summed E-state index contributed by atoms with van der Waals surface area (Å²) >= 11 is 1.83. The SMILES string of the molecule is CSC1(CNCc2c(F)cccc2F)CC1. The molecule has 0 saturated heterocycles. The molecule has 1 fully saturated rings. The van der Waals surface area contributed by atoms with Crippen LogP contribution >= 0.6 is 11.8 Å². The number of nitrogens with one attached hydrogen (secondary N) is 1. The van der Waals surface area contributed by atoms with Crippen LogP contribution in [-0.2, 0) is 6.54 Å². The second-order valence-electron chi connectivity index (χ2n) is 4.19. The summed E-state index contributed by atoms with van der Waals surface area (Å²) in [5, 5.41) is 3.14. The van der Waals surface area contributed by atoms with Gasteiger partial charge in [0.05, 0.1) is 0 Å². The van der Waals surface area contributed by atoms with E-state index in [0.29, 0.717) is 4.75 Å². The van der Waals surface area contributed by atoms with E-state index < -0.39 is 11.6 Å². The maximum atomic E-state index is 13.3. The lowest BCUT2D eigenvalue weighted by Gasteiger charge is -2.13. The molecular weight excluding hydrogens is 228 g/mol. The largest absolute Gasteiger partial charge is 0.311 e. The second kappa shape index (κ2) is 4.72. The van der Waals surface area contributed by atoms with Gasteiger partial charge in [-0.3, -0.25) is 0 Å². The number of benzene rings is 1. The standard InChI is InChI=1S/C12H15F2NS/c1-16-12(5-6-12)8-15-7-9-10(13)3-2-4-11(9)14/h2-4,15H,5-8H2,1H3. The van der Waals surface area contributed by atoms with E-state index in [-0.39, 0.29) is 12.1 Å². The van der Waals surface area contributed by atoms with Crippen LogP contribution in [-0.4, -0.2) is 17.5 Å². The van der Waals surface area contributed by atoms with E-state index in [1.165, 1.54) is 31.0 Å². The molecule has 88 valence electrons. The molecule has 1 N–H and O–H groups in total. The van der Waals surface area contributed by atoms with Gasteiger partial charge in [0.25, 0.3) is 0 Å². The third-order valence-electron chi connectivity index (χ3n) is 3.05. The van der Waals surface area contributed by atoms with Crippen LogP contribution < -0.4 is 5.32 Å². The van der Waals surface area contributed by atoms with Crippen LogP contribution in [0.25, 0.3) is 0 Å². The fraction of sp³-hybridized carbons (Fsp3) is 0.500. The average Bonchev–Trinajstić information content (AvgIpc) is 3.03. The molecule has 0 heterocycles. The molecule has 0 atom stereocenters. The van der Waals surface area contributed by atoms with Crippen molar-refractivity contribution in [2.75, 3.05) is 12.8 Å². The maximum Gasteiger partial charge on any atom is 0.130 e. The van der Waals surface area contributed by atoms with Crippen LogP contribution in [0.5, 0.6) is 0 Å². The third kappa shape index (κ3) is 2.55. The van der Waals surface area contributed by atoms with Gasteiger partial charge in [0.15, 0.2) is 0 Å². The molecule has 16 heavy (non-hydrogen) atoms. The highest BCUT2D eigenvalue weighted by atomic mass is 32.2. The van der Waals surface area contributed by atoms with Gasteiger partial charge < -0.3 is 5.32 Å². The van der Waals surface area contributed by atoms with Crippen molar-refractivity contribution in [1.82, 2.24) is 5.32 Å². The van der Waals surface area contributed by atoms with Gasteiger partial charge in [-0.2, -0.15) is 11.8 Å². The van der Waals surface area contributed by atoms with Gasteiger partial charge in [0, 0.05) is 23.4 Å². The molecular formula is C12H15F2NS. The first-order chi connectivity index (χ1) is 7.67. The summed E-state index contributed by atoms with van der Waals surface area (Å²) in [4.78, 5) is 0. The minimum Gasteiger partial charge on any atom is -0.311 e. The highest BCUT2D eigenvalue weighted by Gasteiger charge is 2.41. The van der Waals surface area contributed by atoms with Crippen molar-refractivity contribution in [2.45, 2.75) is 24.1 Å². The first-order valence-corrected chi connectivity index (χ1v) is 6.58. The van der Waals surface area contributed by atoms with Crippen LogP contribution in [0.1, 0.15) is 18.4 Å². The molecule has 0 aliphatic heterocycles. The van der Waals surface area contributed by atoms with Crippen molar-refractivity contribution < 1.29 is 8.78 Å². The van der Waals surface area contributed by atoms with Crippen LogP contribution in [0.2, 0.25) is 0 Å². The summed E-state index contributed by atoms with van der Waals surface area (Å²) in [5.74, 6) is -0.942. The Morgan fingerprint density at radius 2 is 1.94 bits per heavy atom. The minimum absolute atomic E-state index is 0.138. The molecule has 0 spiro atoms. The second-order valence-corrected chi connectivity index (χ2v) is 5.47. The Balaban J connectivity index is 1.90. The van der Waals surface area contributed by atoms with Crippen molar-refractivity contribution in [3.63, 3.8) is 0 Å². The van der Waals surface area contributed by atoms with E-state index in [4.69, 9.17) is 0 Å². The molecule has 1 nitrogen and oxygen atoms in total. The van der Waals surface area contributed by atoms with Crippen molar-refractivity contribution in [3.8, 4) is 0 Å². The van der Waals surface area contributed by atoms with Crippen molar-refractivity contribution in [2.24, 2.45) is 0 Å². The number of hydrogen-bond donors (Lipinski definition) is 1. The van der Waals surface area contributed by atoms with E-state index in [2.05, 4.69) is 11.6 Å². The zero-order chi connectivity index (χ0) is 11.6. The van der Waals surface area contributed by atoms with Gasteiger partial charge in [0.1, 0.15) is 11.6 Å². The number of halogens is 2. The van der Waals surface area contributed by atoms with Gasteiger partial charge >= 0.3 is 0 Å². The van der Waals surface area contributed by atoms with Gasteiger partial charge in [-0.1, -0.05) is 6.07 Å². The molecule has 1 saturated carbocycles. The van der Waals surface area contributed by atoms with Crippen LogP contribution in [0.3, 0.4) is 0 Å². The Morgan fingerprint density at radius 3 is 2.44 bits per heavy atom. The lowest BCUT2D eigenvalue weighted by Crippen LogP contribution is -2.26. The van der Waals surface area contributed by atoms with Gasteiger partial charge in [-0.05, 0) is 31.2 Å². The highest BCUT2D eigenvalue weighted by Crippen LogP contribution is 2.46. The van der Waals surface area contributed by atoms with E-state index in [1.54, 1.807) is 0 Å². The number of rotatable bonds is 5. The maximum absolute atomic E-state index is 13.3. The van der Waals surface area contributed by atoms with Crippen molar-refractivity contribution >= 4 is 11.8 Å². The Morgan fingerprint density at radius 1 is 1.31 bits per heavy atom. The van der Waals surface area contributed by atoms with E-state index in [9.17, 15) is 8.78 Å². The Hall–Kier alpha value is -0.610. The lowest BCUT2D eigenvalue weighted by molar-refractivity contribution is 0.533. The minimum atomic E-state index is -0.471. The average molecular weight is 243 g/mol. The lowest BCUT2D eigenvalue weighted by atomic mass is 10.2. The fourth-order valence-electron chi connectivity index (χ4n) is 1.71. The summed E-state index contributed by atoms with van der Waals surface area (Å²) in [5.41, 5.74) is 0.138. The highest BCUT2D eigenvalue weighted by molar-refractivity contribution is 8.00. The summed E-state index contributed by atoms with van der Waals surface area (Å²) in [6.45, 7) is 1.09. The smallest absolute Gasteiger partial charge is 0.130 e. The molecule has 1 aromatic carbocycles. The van der Waals surface area contributed by atoms with E-state index in [1.807, 2.05) is 11.8 Å². The van der Waals surface area contributed by atoms with Crippen LogP contribution in [0.4, 0.5) is 8.78 Å². The normalized spacial score (nSPS) is 17.4. The molecule has 0 aromatic heterocycles. The molecule has 1 aliphatic rings. The summed E-state index contributed by atoms with van der Waals surface area (Å²) < 4.78 is 26.9. The van der Waals surface area contributed by atoms with Crippen molar-refractivity contribution in [3.05, 3.63) is 35.4 Å². The van der Waals surface area contributed by atoms with Gasteiger partial charge in [-0.15, -0.1) is 0 Å². The Bertz CT molecular complexity index is 357. The zero-order valence-electron chi connectivity index (χ0n) is 9.22. The first kappa shape index (κ1) is 11.9. The van der Waals surface area contributed by atoms with Crippen LogP contribution in [0, 0.1) is 11.6 Å². The first-order valence-electron chi connectivity index (χ1n) is 5.36. The molecule has 0 bridgehead atoms. The van der Waals surface area contributed by atoms with E-state index in [0.717, 1.165) is 6.54 Å². The van der Waals surface area contributed by atoms with Gasteiger partial charge in [-0.25, -0.2) is 8.78 Å².